The largest absolute Gasteiger partial charge is 0.353 e. The molecule has 0 aliphatic carbocycles. The fourth-order valence-corrected chi connectivity index (χ4v) is 3.86. The highest BCUT2D eigenvalue weighted by molar-refractivity contribution is 7.15. The van der Waals surface area contributed by atoms with E-state index < -0.39 is 0 Å². The summed E-state index contributed by atoms with van der Waals surface area (Å²) in [6.45, 7) is 2.39. The number of halogens is 2. The Bertz CT molecular complexity index is 992. The van der Waals surface area contributed by atoms with Gasteiger partial charge in [0.25, 0.3) is 0 Å². The minimum atomic E-state index is -0.276. The first kappa shape index (κ1) is 19.5. The number of piperazine rings is 1. The van der Waals surface area contributed by atoms with E-state index in [2.05, 4.69) is 30.4 Å². The summed E-state index contributed by atoms with van der Waals surface area (Å²) in [6, 6.07) is 7.73. The third-order valence-corrected chi connectivity index (χ3v) is 5.50. The van der Waals surface area contributed by atoms with Gasteiger partial charge in [0, 0.05) is 38.7 Å². The first-order chi connectivity index (χ1) is 14.1. The van der Waals surface area contributed by atoms with E-state index in [1.807, 2.05) is 0 Å². The van der Waals surface area contributed by atoms with Gasteiger partial charge in [0.05, 0.1) is 0 Å². The maximum Gasteiger partial charge on any atom is 0.323 e. The van der Waals surface area contributed by atoms with E-state index >= 15 is 0 Å². The number of amides is 2. The van der Waals surface area contributed by atoms with Gasteiger partial charge in [0.2, 0.25) is 5.13 Å². The standard InChI is InChI=1S/C18H17ClFN7OS/c19-14-10-15(22-11-21-14)26-5-7-27(8-6-26)18(28)23-17-25-24-16(29-17)9-12-1-3-13(20)4-2-12/h1-4,10-11H,5-9H2,(H,23,25,28). The number of hydrogen-bond acceptors (Lipinski definition) is 7. The van der Waals surface area contributed by atoms with Crippen LogP contribution in [0.15, 0.2) is 36.7 Å². The lowest BCUT2D eigenvalue weighted by Gasteiger charge is -2.35. The van der Waals surface area contributed by atoms with E-state index in [1.165, 1.54) is 29.8 Å². The SMILES string of the molecule is O=C(Nc1nnc(Cc2ccc(F)cc2)s1)N1CCN(c2cc(Cl)ncn2)CC1. The second-order valence-corrected chi connectivity index (χ2v) is 7.86. The van der Waals surface area contributed by atoms with Crippen LogP contribution >= 0.6 is 22.9 Å². The molecule has 1 aliphatic rings. The van der Waals surface area contributed by atoms with Crippen LogP contribution in [0.1, 0.15) is 10.6 Å². The number of aromatic nitrogens is 4. The molecule has 8 nitrogen and oxygen atoms in total. The van der Waals surface area contributed by atoms with Gasteiger partial charge >= 0.3 is 6.03 Å². The second kappa shape index (κ2) is 8.66. The van der Waals surface area contributed by atoms with Crippen molar-refractivity contribution in [3.05, 3.63) is 58.2 Å². The summed E-state index contributed by atoms with van der Waals surface area (Å²) in [5, 5.41) is 12.5. The van der Waals surface area contributed by atoms with Gasteiger partial charge in [-0.3, -0.25) is 5.32 Å². The Labute approximate surface area is 175 Å². The van der Waals surface area contributed by atoms with E-state index in [0.29, 0.717) is 42.9 Å². The zero-order chi connectivity index (χ0) is 20.2. The third kappa shape index (κ3) is 4.96. The fourth-order valence-electron chi connectivity index (χ4n) is 2.96. The van der Waals surface area contributed by atoms with E-state index in [1.54, 1.807) is 23.1 Å². The number of carbonyl (C=O) groups excluding carboxylic acids is 1. The molecular formula is C18H17ClFN7OS. The molecule has 0 atom stereocenters. The Morgan fingerprint density at radius 1 is 1.14 bits per heavy atom. The molecular weight excluding hydrogens is 417 g/mol. The van der Waals surface area contributed by atoms with Gasteiger partial charge in [-0.25, -0.2) is 19.2 Å². The van der Waals surface area contributed by atoms with Gasteiger partial charge < -0.3 is 9.80 Å². The zero-order valence-corrected chi connectivity index (χ0v) is 16.8. The predicted octanol–water partition coefficient (Wildman–Crippen LogP) is 3.07. The fraction of sp³-hybridized carbons (Fsp3) is 0.278. The summed E-state index contributed by atoms with van der Waals surface area (Å²) < 4.78 is 13.0. The highest BCUT2D eigenvalue weighted by atomic mass is 35.5. The van der Waals surface area contributed by atoms with Crippen molar-refractivity contribution in [3.63, 3.8) is 0 Å². The number of benzene rings is 1. The Morgan fingerprint density at radius 3 is 2.62 bits per heavy atom. The smallest absolute Gasteiger partial charge is 0.323 e. The lowest BCUT2D eigenvalue weighted by atomic mass is 10.2. The van der Waals surface area contributed by atoms with Gasteiger partial charge in [-0.1, -0.05) is 35.1 Å². The van der Waals surface area contributed by atoms with Crippen molar-refractivity contribution in [2.24, 2.45) is 0 Å². The van der Waals surface area contributed by atoms with Gasteiger partial charge in [-0.05, 0) is 17.7 Å². The molecule has 0 unspecified atom stereocenters. The van der Waals surface area contributed by atoms with Crippen LogP contribution in [0.25, 0.3) is 0 Å². The molecule has 0 bridgehead atoms. The molecule has 1 aromatic carbocycles. The average Bonchev–Trinajstić information content (AvgIpc) is 3.16. The van der Waals surface area contributed by atoms with Crippen LogP contribution in [-0.4, -0.2) is 57.3 Å². The van der Waals surface area contributed by atoms with Crippen LogP contribution < -0.4 is 10.2 Å². The van der Waals surface area contributed by atoms with E-state index in [0.717, 1.165) is 16.4 Å². The van der Waals surface area contributed by atoms with Crippen molar-refractivity contribution in [1.29, 1.82) is 0 Å². The van der Waals surface area contributed by atoms with Crippen LogP contribution in [-0.2, 0) is 6.42 Å². The van der Waals surface area contributed by atoms with Crippen LogP contribution in [0.3, 0.4) is 0 Å². The van der Waals surface area contributed by atoms with Gasteiger partial charge in [-0.2, -0.15) is 0 Å². The maximum absolute atomic E-state index is 13.0. The number of rotatable bonds is 4. The van der Waals surface area contributed by atoms with Crippen molar-refractivity contribution in [1.82, 2.24) is 25.1 Å². The number of anilines is 2. The quantitative estimate of drug-likeness (QED) is 0.636. The molecule has 0 radical (unpaired) electrons. The lowest BCUT2D eigenvalue weighted by molar-refractivity contribution is 0.208. The van der Waals surface area contributed by atoms with E-state index in [9.17, 15) is 9.18 Å². The predicted molar refractivity (Wildman–Crippen MR) is 109 cm³/mol. The van der Waals surface area contributed by atoms with E-state index in [-0.39, 0.29) is 11.8 Å². The molecule has 1 aliphatic heterocycles. The van der Waals surface area contributed by atoms with E-state index in [4.69, 9.17) is 11.6 Å². The van der Waals surface area contributed by atoms with Gasteiger partial charge in [-0.15, -0.1) is 10.2 Å². The maximum atomic E-state index is 13.0. The van der Waals surface area contributed by atoms with Gasteiger partial charge in [0.15, 0.2) is 0 Å². The Morgan fingerprint density at radius 2 is 1.90 bits per heavy atom. The lowest BCUT2D eigenvalue weighted by Crippen LogP contribution is -2.50. The van der Waals surface area contributed by atoms with Crippen molar-refractivity contribution in [2.45, 2.75) is 6.42 Å². The number of nitrogens with one attached hydrogen (secondary N) is 1. The summed E-state index contributed by atoms with van der Waals surface area (Å²) in [5.74, 6) is 0.474. The molecule has 1 N–H and O–H groups in total. The summed E-state index contributed by atoms with van der Waals surface area (Å²) in [5.41, 5.74) is 0.932. The third-order valence-electron chi connectivity index (χ3n) is 4.46. The molecule has 150 valence electrons. The number of urea groups is 1. The van der Waals surface area contributed by atoms with Crippen LogP contribution in [0.4, 0.5) is 20.1 Å². The first-order valence-electron chi connectivity index (χ1n) is 8.92. The first-order valence-corrected chi connectivity index (χ1v) is 10.1. The molecule has 29 heavy (non-hydrogen) atoms. The highest BCUT2D eigenvalue weighted by Gasteiger charge is 2.23. The minimum Gasteiger partial charge on any atom is -0.353 e. The second-order valence-electron chi connectivity index (χ2n) is 6.41. The molecule has 1 fully saturated rings. The zero-order valence-electron chi connectivity index (χ0n) is 15.3. The Kier molecular flexibility index (Phi) is 5.81. The minimum absolute atomic E-state index is 0.213. The van der Waals surface area contributed by atoms with Crippen LogP contribution in [0.5, 0.6) is 0 Å². The number of hydrogen-bond donors (Lipinski definition) is 1. The summed E-state index contributed by atoms with van der Waals surface area (Å²) in [6.07, 6.45) is 1.96. The molecule has 11 heteroatoms. The summed E-state index contributed by atoms with van der Waals surface area (Å²) in [7, 11) is 0. The molecule has 0 spiro atoms. The number of nitrogens with zero attached hydrogens (tertiary/aromatic N) is 6. The molecule has 3 heterocycles. The summed E-state index contributed by atoms with van der Waals surface area (Å²) in [4.78, 5) is 24.4. The molecule has 4 rings (SSSR count). The number of carbonyl (C=O) groups is 1. The highest BCUT2D eigenvalue weighted by Crippen LogP contribution is 2.20. The van der Waals surface area contributed by atoms with Crippen molar-refractivity contribution in [2.75, 3.05) is 36.4 Å². The average molecular weight is 434 g/mol. The molecule has 1 saturated heterocycles. The van der Waals surface area contributed by atoms with Crippen LogP contribution in [0, 0.1) is 5.82 Å². The Balaban J connectivity index is 1.30. The molecule has 2 aromatic heterocycles. The van der Waals surface area contributed by atoms with Gasteiger partial charge in [0.1, 0.15) is 28.1 Å². The topological polar surface area (TPSA) is 87.1 Å². The van der Waals surface area contributed by atoms with Crippen LogP contribution in [0.2, 0.25) is 5.15 Å². The van der Waals surface area contributed by atoms with Crippen molar-refractivity contribution >= 4 is 39.9 Å². The molecule has 2 amide bonds. The summed E-state index contributed by atoms with van der Waals surface area (Å²) >= 11 is 7.22. The normalized spacial score (nSPS) is 14.1. The monoisotopic (exact) mass is 433 g/mol. The van der Waals surface area contributed by atoms with Crippen molar-refractivity contribution < 1.29 is 9.18 Å². The molecule has 0 saturated carbocycles. The Hall–Kier alpha value is -2.85. The molecule has 3 aromatic rings. The van der Waals surface area contributed by atoms with Crippen molar-refractivity contribution in [3.8, 4) is 0 Å².